The number of hydrogen-bond acceptors (Lipinski definition) is 1. The summed E-state index contributed by atoms with van der Waals surface area (Å²) in [5.41, 5.74) is 1.93. The highest BCUT2D eigenvalue weighted by atomic mass is 35.5. The molecule has 144 valence electrons. The van der Waals surface area contributed by atoms with Gasteiger partial charge >= 0.3 is 0 Å². The van der Waals surface area contributed by atoms with E-state index in [4.69, 9.17) is 11.6 Å². The van der Waals surface area contributed by atoms with Crippen molar-refractivity contribution in [3.63, 3.8) is 0 Å². The molecule has 1 aromatic carbocycles. The Morgan fingerprint density at radius 1 is 1.12 bits per heavy atom. The van der Waals surface area contributed by atoms with Crippen LogP contribution in [-0.4, -0.2) is 17.0 Å². The average Bonchev–Trinajstić information content (AvgIpc) is 3.00. The second kappa shape index (κ2) is 9.45. The molecule has 1 N–H and O–H groups in total. The van der Waals surface area contributed by atoms with Gasteiger partial charge in [0, 0.05) is 24.7 Å². The fraction of sp³-hybridized carbons (Fsp3) is 0.591. The van der Waals surface area contributed by atoms with Gasteiger partial charge in [0.1, 0.15) is 0 Å². The Kier molecular flexibility index (Phi) is 7.57. The van der Waals surface area contributed by atoms with Gasteiger partial charge < -0.3 is 9.88 Å². The molecule has 0 unspecified atom stereocenters. The minimum Gasteiger partial charge on any atom is -0.351 e. The van der Waals surface area contributed by atoms with Crippen LogP contribution in [0.1, 0.15) is 76.6 Å². The van der Waals surface area contributed by atoms with E-state index in [-0.39, 0.29) is 11.3 Å². The molecule has 0 bridgehead atoms. The zero-order chi connectivity index (χ0) is 19.2. The Labute approximate surface area is 163 Å². The van der Waals surface area contributed by atoms with Crippen LogP contribution in [0.5, 0.6) is 0 Å². The molecular formula is C22H33ClN2O. The highest BCUT2D eigenvalue weighted by Crippen LogP contribution is 2.33. The molecule has 1 heterocycles. The Bertz CT molecular complexity index is 729. The Morgan fingerprint density at radius 3 is 2.38 bits per heavy atom. The molecule has 0 spiro atoms. The van der Waals surface area contributed by atoms with Crippen molar-refractivity contribution >= 4 is 28.4 Å². The molecule has 0 aliphatic carbocycles. The number of carbonyl (C=O) groups excluding carboxylic acids is 1. The van der Waals surface area contributed by atoms with Gasteiger partial charge in [-0.15, -0.1) is 0 Å². The van der Waals surface area contributed by atoms with Crippen molar-refractivity contribution in [3.8, 4) is 0 Å². The Hall–Kier alpha value is -1.48. The van der Waals surface area contributed by atoms with Gasteiger partial charge in [-0.2, -0.15) is 0 Å². The van der Waals surface area contributed by atoms with Crippen LogP contribution in [0.4, 0.5) is 0 Å². The monoisotopic (exact) mass is 376 g/mol. The van der Waals surface area contributed by atoms with Crippen molar-refractivity contribution in [1.82, 2.24) is 9.88 Å². The zero-order valence-corrected chi connectivity index (χ0v) is 17.5. The summed E-state index contributed by atoms with van der Waals surface area (Å²) < 4.78 is 2.14. The molecule has 3 nitrogen and oxygen atoms in total. The topological polar surface area (TPSA) is 34.0 Å². The number of nitrogens with zero attached hydrogens (tertiary/aromatic N) is 1. The zero-order valence-electron chi connectivity index (χ0n) is 16.7. The molecule has 0 aliphatic rings. The third-order valence-corrected chi connectivity index (χ3v) is 5.81. The van der Waals surface area contributed by atoms with Crippen LogP contribution in [0.2, 0.25) is 5.02 Å². The SMILES string of the molecule is CCCn1cc(C(=O)NCC(CC)(CCC)CCC)c2c(Cl)cccc21. The maximum Gasteiger partial charge on any atom is 0.253 e. The van der Waals surface area contributed by atoms with Gasteiger partial charge in [-0.3, -0.25) is 4.79 Å². The molecule has 4 heteroatoms. The first-order chi connectivity index (χ1) is 12.5. The van der Waals surface area contributed by atoms with Crippen molar-refractivity contribution in [2.45, 2.75) is 72.8 Å². The van der Waals surface area contributed by atoms with Crippen molar-refractivity contribution in [2.24, 2.45) is 5.41 Å². The van der Waals surface area contributed by atoms with E-state index in [0.717, 1.165) is 62.5 Å². The summed E-state index contributed by atoms with van der Waals surface area (Å²) in [6.45, 7) is 10.4. The highest BCUT2D eigenvalue weighted by molar-refractivity contribution is 6.36. The van der Waals surface area contributed by atoms with E-state index in [1.54, 1.807) is 0 Å². The van der Waals surface area contributed by atoms with Crippen LogP contribution in [-0.2, 0) is 6.54 Å². The predicted molar refractivity (Wildman–Crippen MR) is 112 cm³/mol. The minimum absolute atomic E-state index is 0.0111. The second-order valence-corrected chi connectivity index (χ2v) is 7.81. The quantitative estimate of drug-likeness (QED) is 0.509. The lowest BCUT2D eigenvalue weighted by molar-refractivity contribution is 0.0919. The van der Waals surface area contributed by atoms with E-state index < -0.39 is 0 Å². The van der Waals surface area contributed by atoms with Gasteiger partial charge in [-0.05, 0) is 43.2 Å². The number of aryl methyl sites for hydroxylation is 1. The van der Waals surface area contributed by atoms with Crippen molar-refractivity contribution in [1.29, 1.82) is 0 Å². The molecule has 2 aromatic rings. The molecule has 0 saturated carbocycles. The van der Waals surface area contributed by atoms with Crippen molar-refractivity contribution in [3.05, 3.63) is 35.0 Å². The Balaban J connectivity index is 2.29. The lowest BCUT2D eigenvalue weighted by Gasteiger charge is -2.32. The lowest BCUT2D eigenvalue weighted by Crippen LogP contribution is -2.37. The van der Waals surface area contributed by atoms with Gasteiger partial charge in [0.15, 0.2) is 0 Å². The van der Waals surface area contributed by atoms with E-state index in [0.29, 0.717) is 10.6 Å². The number of rotatable bonds is 10. The van der Waals surface area contributed by atoms with Crippen LogP contribution >= 0.6 is 11.6 Å². The number of hydrogen-bond donors (Lipinski definition) is 1. The molecule has 0 atom stereocenters. The number of fused-ring (bicyclic) bond motifs is 1. The summed E-state index contributed by atoms with van der Waals surface area (Å²) in [7, 11) is 0. The summed E-state index contributed by atoms with van der Waals surface area (Å²) in [4.78, 5) is 13.0. The number of carbonyl (C=O) groups is 1. The maximum absolute atomic E-state index is 13.0. The fourth-order valence-electron chi connectivity index (χ4n) is 4.11. The lowest BCUT2D eigenvalue weighted by atomic mass is 9.77. The van der Waals surface area contributed by atoms with Crippen LogP contribution in [0, 0.1) is 5.41 Å². The number of halogens is 1. The van der Waals surface area contributed by atoms with Gasteiger partial charge in [-0.25, -0.2) is 0 Å². The van der Waals surface area contributed by atoms with Gasteiger partial charge in [0.25, 0.3) is 5.91 Å². The van der Waals surface area contributed by atoms with E-state index in [9.17, 15) is 4.79 Å². The standard InChI is InChI=1S/C22H33ClN2O/c1-5-12-22(8-4,13-6-2)16-24-21(26)17-15-25(14-7-3)19-11-9-10-18(23)20(17)19/h9-11,15H,5-8,12-14,16H2,1-4H3,(H,24,26). The smallest absolute Gasteiger partial charge is 0.253 e. The summed E-state index contributed by atoms with van der Waals surface area (Å²) in [6, 6.07) is 5.85. The largest absolute Gasteiger partial charge is 0.351 e. The highest BCUT2D eigenvalue weighted by Gasteiger charge is 2.27. The number of nitrogens with one attached hydrogen (secondary N) is 1. The second-order valence-electron chi connectivity index (χ2n) is 7.41. The van der Waals surface area contributed by atoms with Crippen molar-refractivity contribution in [2.75, 3.05) is 6.54 Å². The first-order valence-corrected chi connectivity index (χ1v) is 10.4. The van der Waals surface area contributed by atoms with Crippen LogP contribution in [0.15, 0.2) is 24.4 Å². The third-order valence-electron chi connectivity index (χ3n) is 5.50. The fourth-order valence-corrected chi connectivity index (χ4v) is 4.38. The first-order valence-electron chi connectivity index (χ1n) is 10.1. The van der Waals surface area contributed by atoms with Crippen molar-refractivity contribution < 1.29 is 4.79 Å². The maximum atomic E-state index is 13.0. The average molecular weight is 377 g/mol. The number of aromatic nitrogens is 1. The molecule has 26 heavy (non-hydrogen) atoms. The van der Waals surface area contributed by atoms with Gasteiger partial charge in [-0.1, -0.05) is 58.2 Å². The predicted octanol–water partition coefficient (Wildman–Crippen LogP) is 6.43. The molecular weight excluding hydrogens is 344 g/mol. The number of amides is 1. The van der Waals surface area contributed by atoms with E-state index in [2.05, 4.69) is 37.6 Å². The summed E-state index contributed by atoms with van der Waals surface area (Å²) >= 11 is 6.44. The first kappa shape index (κ1) is 20.8. The third kappa shape index (κ3) is 4.43. The van der Waals surface area contributed by atoms with Crippen LogP contribution < -0.4 is 5.32 Å². The normalized spacial score (nSPS) is 11.9. The summed E-state index contributed by atoms with van der Waals surface area (Å²) in [6.07, 6.45) is 8.65. The molecule has 0 radical (unpaired) electrons. The van der Waals surface area contributed by atoms with E-state index >= 15 is 0 Å². The Morgan fingerprint density at radius 2 is 1.81 bits per heavy atom. The van der Waals surface area contributed by atoms with Gasteiger partial charge in [0.2, 0.25) is 0 Å². The molecule has 0 aliphatic heterocycles. The molecule has 0 fully saturated rings. The molecule has 0 saturated heterocycles. The van der Waals surface area contributed by atoms with E-state index in [1.807, 2.05) is 24.4 Å². The van der Waals surface area contributed by atoms with Crippen LogP contribution in [0.25, 0.3) is 10.9 Å². The van der Waals surface area contributed by atoms with Crippen LogP contribution in [0.3, 0.4) is 0 Å². The molecule has 2 rings (SSSR count). The molecule has 1 aromatic heterocycles. The summed E-state index contributed by atoms with van der Waals surface area (Å²) in [5.74, 6) is -0.0111. The number of benzene rings is 1. The molecule has 1 amide bonds. The van der Waals surface area contributed by atoms with E-state index in [1.165, 1.54) is 0 Å². The summed E-state index contributed by atoms with van der Waals surface area (Å²) in [5, 5.41) is 4.74. The minimum atomic E-state index is -0.0111. The van der Waals surface area contributed by atoms with Gasteiger partial charge in [0.05, 0.1) is 16.1 Å².